The van der Waals surface area contributed by atoms with Crippen molar-refractivity contribution in [3.8, 4) is 33.4 Å². The zero-order valence-electron chi connectivity index (χ0n) is 36.5. The lowest BCUT2D eigenvalue weighted by Crippen LogP contribution is -2.57. The van der Waals surface area contributed by atoms with Crippen molar-refractivity contribution in [1.29, 1.82) is 0 Å². The first-order chi connectivity index (χ1) is 30.6. The Bertz CT molecular complexity index is 3530. The van der Waals surface area contributed by atoms with E-state index in [0.29, 0.717) is 0 Å². The molecule has 8 aromatic carbocycles. The summed E-state index contributed by atoms with van der Waals surface area (Å²) in [5, 5.41) is 2.70. The lowest BCUT2D eigenvalue weighted by Gasteiger charge is -2.42. The van der Waals surface area contributed by atoms with Gasteiger partial charge in [0, 0.05) is 55.5 Å². The van der Waals surface area contributed by atoms with Crippen LogP contribution in [0.3, 0.4) is 0 Å². The van der Waals surface area contributed by atoms with E-state index in [2.05, 4.69) is 214 Å². The minimum absolute atomic E-state index is 0.0145. The van der Waals surface area contributed by atoms with E-state index in [1.807, 2.05) is 11.3 Å². The molecule has 0 fully saturated rings. The molecule has 0 amide bonds. The summed E-state index contributed by atoms with van der Waals surface area (Å²) < 4.78 is 5.50. The highest BCUT2D eigenvalue weighted by Gasteiger charge is 2.47. The second-order valence-corrected chi connectivity index (χ2v) is 20.7. The topological polar surface area (TPSA) is 8.17 Å². The fourth-order valence-corrected chi connectivity index (χ4v) is 12.9. The first-order valence-corrected chi connectivity index (χ1v) is 23.4. The quantitative estimate of drug-likeness (QED) is 0.157. The lowest BCUT2D eigenvalue weighted by atomic mass is 9.44. The van der Waals surface area contributed by atoms with Gasteiger partial charge in [0.25, 0.3) is 0 Å². The second kappa shape index (κ2) is 13.2. The van der Waals surface area contributed by atoms with Gasteiger partial charge in [-0.05, 0) is 90.5 Å². The maximum absolute atomic E-state index is 2.77. The Morgan fingerprint density at radius 2 is 1.32 bits per heavy atom. The van der Waals surface area contributed by atoms with Crippen molar-refractivity contribution >= 4 is 71.7 Å². The number of fused-ring (bicyclic) bond motifs is 13. The first kappa shape index (κ1) is 37.0. The Kier molecular flexibility index (Phi) is 7.75. The van der Waals surface area contributed by atoms with Gasteiger partial charge in [-0.15, -0.1) is 11.3 Å². The van der Waals surface area contributed by atoms with Crippen LogP contribution in [0.1, 0.15) is 68.0 Å². The molecule has 4 heteroatoms. The summed E-state index contributed by atoms with van der Waals surface area (Å²) in [6, 6.07) is 64.9. The van der Waals surface area contributed by atoms with E-state index in [1.165, 1.54) is 120 Å². The average Bonchev–Trinajstić information content (AvgIpc) is 3.91. The normalized spacial score (nSPS) is 14.3. The fraction of sp³-hybridized carbons (Fsp3) is 0.153. The summed E-state index contributed by atoms with van der Waals surface area (Å²) in [6.07, 6.45) is 0.863. The van der Waals surface area contributed by atoms with Crippen molar-refractivity contribution in [2.75, 3.05) is 4.90 Å². The molecule has 0 radical (unpaired) electrons. The number of nitrogens with zero attached hydrogens (tertiary/aromatic N) is 2. The van der Waals surface area contributed by atoms with Gasteiger partial charge >= 0.3 is 6.85 Å². The average molecular weight is 827 g/mol. The SMILES string of the molecule is CC(C)(C)c1ccc(CN2c3cc(Cc4ccccc4)cc4c3B(c3ccc5c(c32)-c2ccccc2C5(C)C)n2c3c-4cccc3c3sc4ccccc4c32)c(-c2ccccc2)c1. The highest BCUT2D eigenvalue weighted by Crippen LogP contribution is 2.55. The molecule has 4 heterocycles. The Balaban J connectivity index is 1.17. The molecule has 1 aliphatic carbocycles. The molecule has 2 aliphatic heterocycles. The van der Waals surface area contributed by atoms with Gasteiger partial charge in [0.2, 0.25) is 0 Å². The Labute approximate surface area is 374 Å². The van der Waals surface area contributed by atoms with Crippen molar-refractivity contribution in [2.45, 2.75) is 58.4 Å². The number of hydrogen-bond acceptors (Lipinski definition) is 2. The number of hydrogen-bond donors (Lipinski definition) is 0. The van der Waals surface area contributed by atoms with Crippen molar-refractivity contribution in [3.63, 3.8) is 0 Å². The van der Waals surface area contributed by atoms with Crippen LogP contribution in [0.2, 0.25) is 0 Å². The molecule has 10 aromatic rings. The third-order valence-electron chi connectivity index (χ3n) is 14.6. The number of benzene rings is 8. The van der Waals surface area contributed by atoms with E-state index in [0.717, 1.165) is 13.0 Å². The molecule has 0 saturated carbocycles. The van der Waals surface area contributed by atoms with Gasteiger partial charge in [0.05, 0.1) is 10.2 Å². The third-order valence-corrected chi connectivity index (χ3v) is 15.8. The van der Waals surface area contributed by atoms with Crippen LogP contribution in [0, 0.1) is 0 Å². The van der Waals surface area contributed by atoms with Crippen LogP contribution in [0.15, 0.2) is 170 Å². The summed E-state index contributed by atoms with van der Waals surface area (Å²) in [5.41, 5.74) is 24.2. The monoisotopic (exact) mass is 826 g/mol. The molecule has 2 aromatic heterocycles. The van der Waals surface area contributed by atoms with Crippen molar-refractivity contribution in [2.24, 2.45) is 0 Å². The molecule has 0 N–H and O–H groups in total. The summed E-state index contributed by atoms with van der Waals surface area (Å²) >= 11 is 1.95. The molecular formula is C59H47BN2S. The minimum atomic E-state index is -0.145. The summed E-state index contributed by atoms with van der Waals surface area (Å²) in [7, 11) is 0. The zero-order valence-corrected chi connectivity index (χ0v) is 37.3. The van der Waals surface area contributed by atoms with Crippen molar-refractivity contribution < 1.29 is 0 Å². The largest absolute Gasteiger partial charge is 0.374 e. The van der Waals surface area contributed by atoms with Gasteiger partial charge in [-0.3, -0.25) is 0 Å². The number of para-hydroxylation sites is 1. The van der Waals surface area contributed by atoms with E-state index in [1.54, 1.807) is 0 Å². The van der Waals surface area contributed by atoms with Gasteiger partial charge in [-0.1, -0.05) is 192 Å². The van der Waals surface area contributed by atoms with Crippen LogP contribution in [-0.2, 0) is 23.8 Å². The Morgan fingerprint density at radius 1 is 0.587 bits per heavy atom. The number of rotatable bonds is 5. The number of thiophene rings is 1. The predicted octanol–water partition coefficient (Wildman–Crippen LogP) is 14.2. The molecule has 13 rings (SSSR count). The van der Waals surface area contributed by atoms with Crippen molar-refractivity contribution in [3.05, 3.63) is 203 Å². The molecule has 302 valence electrons. The van der Waals surface area contributed by atoms with Crippen LogP contribution in [0.5, 0.6) is 0 Å². The molecule has 3 aliphatic rings. The zero-order chi connectivity index (χ0) is 42.4. The summed E-state index contributed by atoms with van der Waals surface area (Å²) in [5.74, 6) is 0. The first-order valence-electron chi connectivity index (χ1n) is 22.5. The molecule has 0 saturated heterocycles. The van der Waals surface area contributed by atoms with Crippen LogP contribution in [-0.4, -0.2) is 11.3 Å². The van der Waals surface area contributed by atoms with Crippen LogP contribution < -0.4 is 15.8 Å². The van der Waals surface area contributed by atoms with E-state index in [4.69, 9.17) is 0 Å². The molecule has 0 bridgehead atoms. The number of anilines is 2. The second-order valence-electron chi connectivity index (χ2n) is 19.7. The molecule has 0 spiro atoms. The smallest absolute Gasteiger partial charge is 0.333 e. The van der Waals surface area contributed by atoms with Crippen molar-refractivity contribution in [1.82, 2.24) is 4.48 Å². The highest BCUT2D eigenvalue weighted by molar-refractivity contribution is 7.27. The van der Waals surface area contributed by atoms with E-state index >= 15 is 0 Å². The molecule has 0 unspecified atom stereocenters. The maximum Gasteiger partial charge on any atom is 0.333 e. The Morgan fingerprint density at radius 3 is 2.14 bits per heavy atom. The van der Waals surface area contributed by atoms with Crippen LogP contribution in [0.25, 0.3) is 64.6 Å². The molecule has 63 heavy (non-hydrogen) atoms. The van der Waals surface area contributed by atoms with Crippen LogP contribution >= 0.6 is 11.3 Å². The molecule has 2 nitrogen and oxygen atoms in total. The lowest BCUT2D eigenvalue weighted by molar-refractivity contribution is 0.590. The predicted molar refractivity (Wildman–Crippen MR) is 270 cm³/mol. The third kappa shape index (κ3) is 5.25. The summed E-state index contributed by atoms with van der Waals surface area (Å²) in [4.78, 5) is 2.76. The van der Waals surface area contributed by atoms with Gasteiger partial charge in [0.15, 0.2) is 0 Å². The van der Waals surface area contributed by atoms with Crippen LogP contribution in [0.4, 0.5) is 11.4 Å². The van der Waals surface area contributed by atoms with E-state index in [9.17, 15) is 0 Å². The van der Waals surface area contributed by atoms with Gasteiger partial charge in [0.1, 0.15) is 0 Å². The molecular weight excluding hydrogens is 780 g/mol. The Hall–Kier alpha value is -6.62. The van der Waals surface area contributed by atoms with E-state index < -0.39 is 0 Å². The highest BCUT2D eigenvalue weighted by atomic mass is 32.1. The minimum Gasteiger partial charge on any atom is -0.374 e. The van der Waals surface area contributed by atoms with E-state index in [-0.39, 0.29) is 17.7 Å². The van der Waals surface area contributed by atoms with Gasteiger partial charge in [-0.25, -0.2) is 0 Å². The van der Waals surface area contributed by atoms with Gasteiger partial charge < -0.3 is 9.38 Å². The fourth-order valence-electron chi connectivity index (χ4n) is 11.6. The molecule has 0 atom stereocenters. The van der Waals surface area contributed by atoms with Gasteiger partial charge in [-0.2, -0.15) is 0 Å². The number of aromatic nitrogens is 1. The maximum atomic E-state index is 2.77. The standard InChI is InChI=1S/C59H47BN2S/c1-58(2,3)40-28-27-39(45(34-40)38-19-10-7-11-20-38)35-61-50-33-37(31-36-17-8-6-9-18-36)32-46-41-23-16-24-44-54(41)62(55-43-22-13-15-26-51(43)63-57(44)55)60(53(46)50)49-30-29-48-52(56(49)61)42-21-12-14-25-47(42)59(48,4)5/h6-30,32-34H,31,35H2,1-5H3. The summed E-state index contributed by atoms with van der Waals surface area (Å²) in [6.45, 7) is 12.5.